The molecule has 3 unspecified atom stereocenters. The van der Waals surface area contributed by atoms with Gasteiger partial charge >= 0.3 is 0 Å². The summed E-state index contributed by atoms with van der Waals surface area (Å²) in [6, 6.07) is 3.27. The van der Waals surface area contributed by atoms with E-state index in [-0.39, 0.29) is 5.54 Å². The molecular weight excluding hydrogens is 260 g/mol. The van der Waals surface area contributed by atoms with E-state index in [9.17, 15) is 5.26 Å². The Kier molecular flexibility index (Phi) is 6.04. The van der Waals surface area contributed by atoms with Crippen LogP contribution in [0.3, 0.4) is 0 Å². The number of likely N-dealkylation sites (tertiary alicyclic amines) is 2. The summed E-state index contributed by atoms with van der Waals surface area (Å²) < 4.78 is 0. The number of hydrogen-bond donors (Lipinski definition) is 1. The van der Waals surface area contributed by atoms with E-state index in [2.05, 4.69) is 35.2 Å². The Morgan fingerprint density at radius 2 is 2.14 bits per heavy atom. The molecule has 0 radical (unpaired) electrons. The average molecular weight is 292 g/mol. The smallest absolute Gasteiger partial charge is 0.105 e. The number of fused-ring (bicyclic) bond motifs is 1. The van der Waals surface area contributed by atoms with E-state index < -0.39 is 0 Å². The summed E-state index contributed by atoms with van der Waals surface area (Å²) in [4.78, 5) is 5.15. The summed E-state index contributed by atoms with van der Waals surface area (Å²) in [7, 11) is 2.29. The van der Waals surface area contributed by atoms with Gasteiger partial charge in [-0.2, -0.15) is 5.26 Å². The molecule has 3 atom stereocenters. The molecule has 0 saturated carbocycles. The third-order valence-corrected chi connectivity index (χ3v) is 5.37. The van der Waals surface area contributed by atoms with Crippen molar-refractivity contribution in [2.75, 3.05) is 39.8 Å². The van der Waals surface area contributed by atoms with Crippen LogP contribution < -0.4 is 5.32 Å². The predicted octanol–water partition coefficient (Wildman–Crippen LogP) is 2.07. The van der Waals surface area contributed by atoms with Crippen LogP contribution >= 0.6 is 0 Å². The van der Waals surface area contributed by atoms with E-state index in [4.69, 9.17) is 0 Å². The van der Waals surface area contributed by atoms with Crippen LogP contribution in [-0.2, 0) is 0 Å². The summed E-state index contributed by atoms with van der Waals surface area (Å²) in [5.74, 6) is 0.842. The first kappa shape index (κ1) is 16.7. The molecule has 2 rings (SSSR count). The molecule has 1 N–H and O–H groups in total. The molecule has 2 fully saturated rings. The minimum absolute atomic E-state index is 0.365. The van der Waals surface area contributed by atoms with Gasteiger partial charge in [0.1, 0.15) is 5.54 Å². The normalized spacial score (nSPS) is 30.4. The van der Waals surface area contributed by atoms with Crippen molar-refractivity contribution in [1.29, 1.82) is 5.26 Å². The third kappa shape index (κ3) is 4.42. The fraction of sp³-hybridized carbons (Fsp3) is 0.941. The molecule has 0 spiro atoms. The van der Waals surface area contributed by atoms with E-state index in [1.54, 1.807) is 0 Å². The number of piperidine rings is 2. The molecule has 0 aromatic heterocycles. The number of nitrogens with one attached hydrogen (secondary N) is 1. The summed E-state index contributed by atoms with van der Waals surface area (Å²) in [6.07, 6.45) is 6.04. The Labute approximate surface area is 130 Å². The maximum Gasteiger partial charge on any atom is 0.105 e. The lowest BCUT2D eigenvalue weighted by molar-refractivity contribution is 0.0364. The van der Waals surface area contributed by atoms with Crippen molar-refractivity contribution in [3.05, 3.63) is 0 Å². The zero-order valence-electron chi connectivity index (χ0n) is 14.1. The summed E-state index contributed by atoms with van der Waals surface area (Å²) >= 11 is 0. The predicted molar refractivity (Wildman–Crippen MR) is 87.1 cm³/mol. The van der Waals surface area contributed by atoms with Gasteiger partial charge in [0.15, 0.2) is 0 Å². The van der Waals surface area contributed by atoms with Crippen LogP contribution in [-0.4, -0.2) is 61.2 Å². The van der Waals surface area contributed by atoms with Crippen LogP contribution in [0.25, 0.3) is 0 Å². The van der Waals surface area contributed by atoms with Crippen molar-refractivity contribution < 1.29 is 0 Å². The van der Waals surface area contributed by atoms with Crippen LogP contribution in [0.2, 0.25) is 0 Å². The lowest BCUT2D eigenvalue weighted by Gasteiger charge is -2.46. The van der Waals surface area contributed by atoms with Crippen molar-refractivity contribution >= 4 is 0 Å². The number of rotatable bonds is 6. The second-order valence-corrected chi connectivity index (χ2v) is 7.16. The molecule has 21 heavy (non-hydrogen) atoms. The molecule has 120 valence electrons. The standard InChI is InChI=1S/C17H32N4/c1-4-9-19-17(2,14-18)8-12-21-11-7-16-15(13-21)6-5-10-20(16)3/h15-16,19H,4-13H2,1-3H3. The Bertz CT molecular complexity index is 364. The van der Waals surface area contributed by atoms with Gasteiger partial charge in [0.25, 0.3) is 0 Å². The second kappa shape index (κ2) is 7.58. The molecule has 4 nitrogen and oxygen atoms in total. The third-order valence-electron chi connectivity index (χ3n) is 5.37. The van der Waals surface area contributed by atoms with Gasteiger partial charge in [-0.05, 0) is 71.6 Å². The van der Waals surface area contributed by atoms with Crippen LogP contribution in [0.1, 0.15) is 46.0 Å². The topological polar surface area (TPSA) is 42.3 Å². The van der Waals surface area contributed by atoms with Gasteiger partial charge in [0, 0.05) is 19.1 Å². The van der Waals surface area contributed by atoms with E-state index in [1.165, 1.54) is 38.9 Å². The minimum atomic E-state index is -0.365. The number of hydrogen-bond acceptors (Lipinski definition) is 4. The first-order chi connectivity index (χ1) is 10.1. The zero-order valence-corrected chi connectivity index (χ0v) is 14.1. The zero-order chi connectivity index (χ0) is 15.3. The van der Waals surface area contributed by atoms with E-state index in [1.807, 2.05) is 6.92 Å². The largest absolute Gasteiger partial charge is 0.303 e. The number of nitriles is 1. The van der Waals surface area contributed by atoms with Crippen molar-refractivity contribution in [2.45, 2.75) is 57.5 Å². The highest BCUT2D eigenvalue weighted by Gasteiger charge is 2.34. The molecule has 2 saturated heterocycles. The molecule has 0 amide bonds. The highest BCUT2D eigenvalue weighted by molar-refractivity contribution is 5.04. The summed E-state index contributed by atoms with van der Waals surface area (Å²) in [5, 5.41) is 12.8. The van der Waals surface area contributed by atoms with Crippen LogP contribution in [0.15, 0.2) is 0 Å². The van der Waals surface area contributed by atoms with Gasteiger partial charge in [0.05, 0.1) is 6.07 Å². The molecule has 0 aromatic rings. The molecule has 2 heterocycles. The maximum atomic E-state index is 9.43. The van der Waals surface area contributed by atoms with Crippen molar-refractivity contribution in [2.24, 2.45) is 5.92 Å². The highest BCUT2D eigenvalue weighted by atomic mass is 15.2. The van der Waals surface area contributed by atoms with E-state index in [0.717, 1.165) is 37.9 Å². The van der Waals surface area contributed by atoms with E-state index >= 15 is 0 Å². The molecule has 2 aliphatic heterocycles. The molecule has 0 aromatic carbocycles. The maximum absolute atomic E-state index is 9.43. The van der Waals surface area contributed by atoms with Crippen LogP contribution in [0, 0.1) is 17.2 Å². The van der Waals surface area contributed by atoms with Crippen LogP contribution in [0.5, 0.6) is 0 Å². The monoisotopic (exact) mass is 292 g/mol. The van der Waals surface area contributed by atoms with Gasteiger partial charge in [-0.25, -0.2) is 0 Å². The Morgan fingerprint density at radius 3 is 2.86 bits per heavy atom. The first-order valence-corrected chi connectivity index (χ1v) is 8.67. The lowest BCUT2D eigenvalue weighted by Crippen LogP contribution is -2.53. The van der Waals surface area contributed by atoms with Gasteiger partial charge in [-0.1, -0.05) is 6.92 Å². The van der Waals surface area contributed by atoms with Gasteiger partial charge < -0.3 is 9.80 Å². The van der Waals surface area contributed by atoms with Gasteiger partial charge in [-0.15, -0.1) is 0 Å². The quantitative estimate of drug-likeness (QED) is 0.814. The highest BCUT2D eigenvalue weighted by Crippen LogP contribution is 2.29. The number of nitrogens with zero attached hydrogens (tertiary/aromatic N) is 3. The Morgan fingerprint density at radius 1 is 1.33 bits per heavy atom. The molecule has 2 aliphatic rings. The summed E-state index contributed by atoms with van der Waals surface area (Å²) in [6.45, 7) is 9.87. The van der Waals surface area contributed by atoms with Crippen molar-refractivity contribution in [3.8, 4) is 6.07 Å². The fourth-order valence-electron chi connectivity index (χ4n) is 3.90. The van der Waals surface area contributed by atoms with Gasteiger partial charge in [0.2, 0.25) is 0 Å². The second-order valence-electron chi connectivity index (χ2n) is 7.16. The van der Waals surface area contributed by atoms with E-state index in [0.29, 0.717) is 0 Å². The Balaban J connectivity index is 1.80. The molecular formula is C17H32N4. The molecule has 0 bridgehead atoms. The Hall–Kier alpha value is -0.630. The lowest BCUT2D eigenvalue weighted by atomic mass is 9.84. The molecule has 0 aliphatic carbocycles. The SMILES string of the molecule is CCCNC(C)(C#N)CCN1CCC2C(CCCN2C)C1. The average Bonchev–Trinajstić information content (AvgIpc) is 2.51. The fourth-order valence-corrected chi connectivity index (χ4v) is 3.90. The minimum Gasteiger partial charge on any atom is -0.303 e. The van der Waals surface area contributed by atoms with Gasteiger partial charge in [-0.3, -0.25) is 5.32 Å². The van der Waals surface area contributed by atoms with Crippen molar-refractivity contribution in [1.82, 2.24) is 15.1 Å². The summed E-state index contributed by atoms with van der Waals surface area (Å²) in [5.41, 5.74) is -0.365. The molecule has 4 heteroatoms. The first-order valence-electron chi connectivity index (χ1n) is 8.67. The van der Waals surface area contributed by atoms with Crippen LogP contribution in [0.4, 0.5) is 0 Å². The van der Waals surface area contributed by atoms with Crippen molar-refractivity contribution in [3.63, 3.8) is 0 Å².